The molecule has 3 aromatic rings. The normalized spacial score (nSPS) is 12.4. The number of benzene rings is 2. The minimum absolute atomic E-state index is 0.0741. The molecule has 1 heterocycles. The van der Waals surface area contributed by atoms with E-state index in [4.69, 9.17) is 21.5 Å². The van der Waals surface area contributed by atoms with Crippen LogP contribution in [0.2, 0.25) is 5.02 Å². The second-order valence-corrected chi connectivity index (χ2v) is 7.26. The van der Waals surface area contributed by atoms with E-state index in [0.29, 0.717) is 11.3 Å². The molecule has 0 radical (unpaired) electrons. The van der Waals surface area contributed by atoms with Crippen molar-refractivity contribution in [3.8, 4) is 11.3 Å². The van der Waals surface area contributed by atoms with E-state index in [1.807, 2.05) is 0 Å². The van der Waals surface area contributed by atoms with E-state index in [9.17, 15) is 40.2 Å². The molecule has 1 aromatic heterocycles. The molecule has 2 aromatic carbocycles. The van der Waals surface area contributed by atoms with Crippen molar-refractivity contribution in [1.82, 2.24) is 9.97 Å². The van der Waals surface area contributed by atoms with Crippen molar-refractivity contribution < 1.29 is 50.1 Å². The minimum Gasteiger partial charge on any atom is -0.475 e. The molecule has 1 atom stereocenters. The summed E-state index contributed by atoms with van der Waals surface area (Å²) in [6.45, 7) is -0.0741. The van der Waals surface area contributed by atoms with Crippen LogP contribution < -0.4 is 5.32 Å². The van der Waals surface area contributed by atoms with E-state index in [0.717, 1.165) is 24.3 Å². The lowest BCUT2D eigenvalue weighted by molar-refractivity contribution is -0.192. The van der Waals surface area contributed by atoms with Gasteiger partial charge in [-0.25, -0.2) is 23.5 Å². The van der Waals surface area contributed by atoms with Crippen LogP contribution in [0.25, 0.3) is 11.3 Å². The molecule has 0 saturated carbocycles. The van der Waals surface area contributed by atoms with Crippen LogP contribution in [0.4, 0.5) is 40.9 Å². The number of carboxylic acid groups (broad SMARTS) is 1. The fourth-order valence-electron chi connectivity index (χ4n) is 2.55. The van der Waals surface area contributed by atoms with Gasteiger partial charge in [0.1, 0.15) is 12.1 Å². The Labute approximate surface area is 202 Å². The maximum Gasteiger partial charge on any atom is 0.490 e. The molecule has 0 aliphatic heterocycles. The Morgan fingerprint density at radius 2 is 1.61 bits per heavy atom. The highest BCUT2D eigenvalue weighted by atomic mass is 35.5. The summed E-state index contributed by atoms with van der Waals surface area (Å²) in [7, 11) is 0. The summed E-state index contributed by atoms with van der Waals surface area (Å²) in [6.07, 6.45) is -9.61. The van der Waals surface area contributed by atoms with Crippen LogP contribution >= 0.6 is 11.6 Å². The number of halogens is 9. The maximum absolute atomic E-state index is 13.3. The van der Waals surface area contributed by atoms with E-state index < -0.39 is 46.6 Å². The van der Waals surface area contributed by atoms with Crippen molar-refractivity contribution in [2.75, 3.05) is 11.9 Å². The Morgan fingerprint density at radius 1 is 0.972 bits per heavy atom. The molecule has 3 N–H and O–H groups in total. The highest BCUT2D eigenvalue weighted by Gasteiger charge is 2.38. The van der Waals surface area contributed by atoms with Gasteiger partial charge in [-0.15, -0.1) is 0 Å². The molecule has 15 heteroatoms. The molecule has 6 nitrogen and oxygen atoms in total. The highest BCUT2D eigenvalue weighted by Crippen LogP contribution is 2.36. The molecule has 0 fully saturated rings. The van der Waals surface area contributed by atoms with Crippen LogP contribution in [0.15, 0.2) is 48.8 Å². The molecule has 0 amide bonds. The number of anilines is 1. The molecule has 0 bridgehead atoms. The molecule has 36 heavy (non-hydrogen) atoms. The van der Waals surface area contributed by atoms with Gasteiger partial charge >= 0.3 is 18.3 Å². The average molecular weight is 544 g/mol. The largest absolute Gasteiger partial charge is 0.490 e. The summed E-state index contributed by atoms with van der Waals surface area (Å²) in [5, 5.41) is 19.6. The van der Waals surface area contributed by atoms with Crippen molar-refractivity contribution in [2.24, 2.45) is 0 Å². The highest BCUT2D eigenvalue weighted by molar-refractivity contribution is 6.31. The first kappa shape index (κ1) is 28.7. The van der Waals surface area contributed by atoms with Crippen LogP contribution in [-0.4, -0.2) is 38.9 Å². The Balaban J connectivity index is 0.000000572. The van der Waals surface area contributed by atoms with Crippen molar-refractivity contribution >= 4 is 23.4 Å². The summed E-state index contributed by atoms with van der Waals surface area (Å²) in [5.74, 6) is -4.59. The first-order valence-electron chi connectivity index (χ1n) is 9.45. The van der Waals surface area contributed by atoms with Crippen LogP contribution in [0, 0.1) is 11.6 Å². The van der Waals surface area contributed by atoms with Gasteiger partial charge in [0, 0.05) is 18.2 Å². The lowest BCUT2D eigenvalue weighted by Crippen LogP contribution is -2.21. The van der Waals surface area contributed by atoms with Crippen molar-refractivity contribution in [1.29, 1.82) is 0 Å². The number of hydrogen-bond donors (Lipinski definition) is 3. The molecular weight excluding hydrogens is 530 g/mol. The number of aliphatic carboxylic acids is 1. The van der Waals surface area contributed by atoms with E-state index in [1.165, 1.54) is 24.5 Å². The standard InChI is InChI=1S/C19H13ClF5N3O.C2HF3O2/c20-13-5-10(1-3-12(13)19(23,24)25)16-7-18(28-9-27-16)26-8-17(29)11-2-4-14(21)15(22)6-11;3-2(4,5)1(6)7/h1-7,9,17,29H,8H2,(H,26,27,28);(H,6,7). The van der Waals surface area contributed by atoms with Gasteiger partial charge in [-0.2, -0.15) is 26.3 Å². The summed E-state index contributed by atoms with van der Waals surface area (Å²) in [5.41, 5.74) is -0.139. The van der Waals surface area contributed by atoms with Gasteiger partial charge in [-0.1, -0.05) is 23.7 Å². The van der Waals surface area contributed by atoms with Crippen molar-refractivity contribution in [3.05, 3.63) is 76.6 Å². The number of alkyl halides is 6. The lowest BCUT2D eigenvalue weighted by Gasteiger charge is -2.14. The molecule has 0 saturated heterocycles. The number of carbonyl (C=O) groups is 1. The van der Waals surface area contributed by atoms with Gasteiger partial charge in [0.2, 0.25) is 0 Å². The van der Waals surface area contributed by atoms with Gasteiger partial charge in [-0.05, 0) is 29.8 Å². The third kappa shape index (κ3) is 8.02. The second kappa shape index (κ2) is 11.5. The number of hydrogen-bond acceptors (Lipinski definition) is 5. The van der Waals surface area contributed by atoms with Crippen LogP contribution in [-0.2, 0) is 11.0 Å². The van der Waals surface area contributed by atoms with Crippen molar-refractivity contribution in [3.63, 3.8) is 0 Å². The number of rotatable bonds is 5. The van der Waals surface area contributed by atoms with Gasteiger partial charge in [0.05, 0.1) is 22.4 Å². The maximum atomic E-state index is 13.3. The van der Waals surface area contributed by atoms with Crippen LogP contribution in [0.3, 0.4) is 0 Å². The zero-order chi connectivity index (χ0) is 27.3. The van der Waals surface area contributed by atoms with Gasteiger partial charge in [0.25, 0.3) is 0 Å². The Morgan fingerprint density at radius 3 is 2.14 bits per heavy atom. The number of aromatic nitrogens is 2. The topological polar surface area (TPSA) is 95.3 Å². The first-order chi connectivity index (χ1) is 16.6. The Bertz CT molecular complexity index is 1220. The van der Waals surface area contributed by atoms with E-state index >= 15 is 0 Å². The average Bonchev–Trinajstić information content (AvgIpc) is 2.78. The van der Waals surface area contributed by atoms with Gasteiger partial charge < -0.3 is 15.5 Å². The molecule has 0 aliphatic carbocycles. The van der Waals surface area contributed by atoms with Gasteiger partial charge in [0.15, 0.2) is 11.6 Å². The van der Waals surface area contributed by atoms with Crippen LogP contribution in [0.5, 0.6) is 0 Å². The number of aliphatic hydroxyl groups excluding tert-OH is 1. The first-order valence-corrected chi connectivity index (χ1v) is 9.83. The van der Waals surface area contributed by atoms with Crippen molar-refractivity contribution in [2.45, 2.75) is 18.5 Å². The minimum atomic E-state index is -5.08. The third-order valence-electron chi connectivity index (χ3n) is 4.28. The Hall–Kier alpha value is -3.52. The molecular formula is C21H14ClF8N3O3. The molecule has 194 valence electrons. The Kier molecular flexibility index (Phi) is 9.15. The number of nitrogens with zero attached hydrogens (tertiary/aromatic N) is 2. The monoisotopic (exact) mass is 543 g/mol. The zero-order valence-corrected chi connectivity index (χ0v) is 18.3. The molecule has 1 unspecified atom stereocenters. The van der Waals surface area contributed by atoms with E-state index in [-0.39, 0.29) is 17.9 Å². The van der Waals surface area contributed by atoms with Crippen LogP contribution in [0.1, 0.15) is 17.2 Å². The molecule has 0 aliphatic rings. The molecule has 0 spiro atoms. The fraction of sp³-hybridized carbons (Fsp3) is 0.190. The van der Waals surface area contributed by atoms with E-state index in [2.05, 4.69) is 15.3 Å². The fourth-order valence-corrected chi connectivity index (χ4v) is 2.84. The summed E-state index contributed by atoms with van der Waals surface area (Å²) in [6, 6.07) is 7.74. The third-order valence-corrected chi connectivity index (χ3v) is 4.60. The SMILES string of the molecule is O=C(O)C(F)(F)F.OC(CNc1cc(-c2ccc(C(F)(F)F)c(Cl)c2)ncn1)c1ccc(F)c(F)c1. The van der Waals surface area contributed by atoms with E-state index in [1.54, 1.807) is 0 Å². The summed E-state index contributed by atoms with van der Waals surface area (Å²) >= 11 is 5.73. The summed E-state index contributed by atoms with van der Waals surface area (Å²) < 4.78 is 96.4. The number of carboxylic acids is 1. The zero-order valence-electron chi connectivity index (χ0n) is 17.5. The smallest absolute Gasteiger partial charge is 0.475 e. The van der Waals surface area contributed by atoms with Gasteiger partial charge in [-0.3, -0.25) is 0 Å². The predicted octanol–water partition coefficient (Wildman–Crippen LogP) is 5.87. The lowest BCUT2D eigenvalue weighted by atomic mass is 10.1. The molecule has 3 rings (SSSR count). The quantitative estimate of drug-likeness (QED) is 0.348. The predicted molar refractivity (Wildman–Crippen MR) is 111 cm³/mol. The summed E-state index contributed by atoms with van der Waals surface area (Å²) in [4.78, 5) is 16.9. The number of aliphatic hydroxyl groups is 1. The number of nitrogens with one attached hydrogen (secondary N) is 1. The second-order valence-electron chi connectivity index (χ2n) is 6.85.